The molecule has 72 valence electrons. The van der Waals surface area contributed by atoms with Crippen LogP contribution in [0.15, 0.2) is 11.6 Å². The lowest BCUT2D eigenvalue weighted by molar-refractivity contribution is 0.578. The number of hydrogen-bond acceptors (Lipinski definition) is 0. The van der Waals surface area contributed by atoms with E-state index < -0.39 is 0 Å². The Hall–Kier alpha value is -0.260. The minimum atomic E-state index is 0.696. The molecule has 12 heavy (non-hydrogen) atoms. The van der Waals surface area contributed by atoms with E-state index in [2.05, 4.69) is 47.6 Å². The lowest BCUT2D eigenvalue weighted by Gasteiger charge is -2.15. The highest BCUT2D eigenvalue weighted by Crippen LogP contribution is 2.20. The molecular weight excluding hydrogens is 144 g/mol. The molecule has 0 unspecified atom stereocenters. The van der Waals surface area contributed by atoms with Gasteiger partial charge in [0.2, 0.25) is 0 Å². The molecule has 0 bridgehead atoms. The minimum Gasteiger partial charge on any atom is -0.0825 e. The van der Waals surface area contributed by atoms with Gasteiger partial charge in [-0.05, 0) is 24.2 Å². The van der Waals surface area contributed by atoms with Crippen molar-refractivity contribution in [2.75, 3.05) is 0 Å². The van der Waals surface area contributed by atoms with Gasteiger partial charge in [0.05, 0.1) is 0 Å². The van der Waals surface area contributed by atoms with Crippen LogP contribution in [-0.4, -0.2) is 0 Å². The summed E-state index contributed by atoms with van der Waals surface area (Å²) in [5.74, 6) is 2.20. The van der Waals surface area contributed by atoms with Crippen LogP contribution in [0.3, 0.4) is 0 Å². The Bertz CT molecular complexity index is 138. The van der Waals surface area contributed by atoms with Gasteiger partial charge in [0.15, 0.2) is 0 Å². The Morgan fingerprint density at radius 1 is 1.00 bits per heavy atom. The van der Waals surface area contributed by atoms with Gasteiger partial charge in [-0.15, -0.1) is 0 Å². The van der Waals surface area contributed by atoms with Crippen molar-refractivity contribution in [1.82, 2.24) is 0 Å². The molecule has 0 heterocycles. The van der Waals surface area contributed by atoms with Crippen molar-refractivity contribution in [3.8, 4) is 0 Å². The summed E-state index contributed by atoms with van der Waals surface area (Å²) in [6.07, 6.45) is 3.68. The normalized spacial score (nSPS) is 13.6. The highest BCUT2D eigenvalue weighted by molar-refractivity contribution is 5.06. The summed E-state index contributed by atoms with van der Waals surface area (Å²) in [6, 6.07) is 0. The molecule has 0 aromatic rings. The molecule has 0 nitrogen and oxygen atoms in total. The smallest absolute Gasteiger partial charge is 0.0260 e. The maximum atomic E-state index is 2.42. The summed E-state index contributed by atoms with van der Waals surface area (Å²) < 4.78 is 0. The molecule has 0 aliphatic heterocycles. The van der Waals surface area contributed by atoms with Crippen LogP contribution < -0.4 is 0 Å². The van der Waals surface area contributed by atoms with Gasteiger partial charge in [-0.1, -0.05) is 53.2 Å². The van der Waals surface area contributed by atoms with E-state index >= 15 is 0 Å². The standard InChI is InChI=1S/C12H24/c1-9(2)7-12(11(5)6)8-10(3)4/h7,9-11H,8H2,1-6H3/b12-7-. The van der Waals surface area contributed by atoms with Crippen molar-refractivity contribution < 1.29 is 0 Å². The van der Waals surface area contributed by atoms with E-state index in [1.807, 2.05) is 0 Å². The Balaban J connectivity index is 4.23. The van der Waals surface area contributed by atoms with Gasteiger partial charge in [-0.25, -0.2) is 0 Å². The second-order valence-electron chi connectivity index (χ2n) is 4.74. The van der Waals surface area contributed by atoms with Gasteiger partial charge in [0.25, 0.3) is 0 Å². The van der Waals surface area contributed by atoms with Gasteiger partial charge in [0, 0.05) is 0 Å². The fourth-order valence-corrected chi connectivity index (χ4v) is 1.40. The van der Waals surface area contributed by atoms with E-state index in [1.165, 1.54) is 6.42 Å². The number of allylic oxidation sites excluding steroid dienone is 2. The monoisotopic (exact) mass is 168 g/mol. The summed E-state index contributed by atoms with van der Waals surface area (Å²) in [6.45, 7) is 13.7. The summed E-state index contributed by atoms with van der Waals surface area (Å²) in [4.78, 5) is 0. The van der Waals surface area contributed by atoms with Crippen molar-refractivity contribution in [1.29, 1.82) is 0 Å². The van der Waals surface area contributed by atoms with E-state index in [9.17, 15) is 0 Å². The van der Waals surface area contributed by atoms with E-state index in [0.717, 1.165) is 11.8 Å². The Labute approximate surface area is 78.1 Å². The zero-order chi connectivity index (χ0) is 9.72. The lowest BCUT2D eigenvalue weighted by atomic mass is 9.91. The molecule has 0 rings (SSSR count). The SMILES string of the molecule is CC(C)/C=C(/CC(C)C)C(C)C. The molecule has 0 aliphatic rings. The van der Waals surface area contributed by atoms with Gasteiger partial charge in [-0.3, -0.25) is 0 Å². The lowest BCUT2D eigenvalue weighted by Crippen LogP contribution is -2.00. The fraction of sp³-hybridized carbons (Fsp3) is 0.833. The first-order valence-corrected chi connectivity index (χ1v) is 5.14. The molecule has 0 spiro atoms. The van der Waals surface area contributed by atoms with Crippen LogP contribution in [0.1, 0.15) is 48.0 Å². The molecule has 0 aromatic carbocycles. The zero-order valence-electron chi connectivity index (χ0n) is 9.52. The third-order valence-corrected chi connectivity index (χ3v) is 1.93. The molecule has 0 N–H and O–H groups in total. The second kappa shape index (κ2) is 5.40. The highest BCUT2D eigenvalue weighted by atomic mass is 14.1. The zero-order valence-corrected chi connectivity index (χ0v) is 9.52. The second-order valence-corrected chi connectivity index (χ2v) is 4.74. The summed E-state index contributed by atoms with van der Waals surface area (Å²) in [5, 5.41) is 0. The first kappa shape index (κ1) is 11.7. The predicted molar refractivity (Wildman–Crippen MR) is 57.2 cm³/mol. The van der Waals surface area contributed by atoms with E-state index in [4.69, 9.17) is 0 Å². The van der Waals surface area contributed by atoms with Crippen molar-refractivity contribution in [3.05, 3.63) is 11.6 Å². The van der Waals surface area contributed by atoms with Crippen LogP contribution in [0.4, 0.5) is 0 Å². The summed E-state index contributed by atoms with van der Waals surface area (Å²) >= 11 is 0. The Morgan fingerprint density at radius 3 is 1.75 bits per heavy atom. The molecule has 0 atom stereocenters. The molecule has 0 saturated carbocycles. The maximum absolute atomic E-state index is 2.42. The molecule has 0 radical (unpaired) electrons. The van der Waals surface area contributed by atoms with E-state index in [0.29, 0.717) is 5.92 Å². The first-order valence-electron chi connectivity index (χ1n) is 5.14. The molecule has 0 heteroatoms. The Kier molecular flexibility index (Phi) is 5.28. The van der Waals surface area contributed by atoms with Gasteiger partial charge < -0.3 is 0 Å². The van der Waals surface area contributed by atoms with Crippen molar-refractivity contribution >= 4 is 0 Å². The Morgan fingerprint density at radius 2 is 1.50 bits per heavy atom. The van der Waals surface area contributed by atoms with Crippen LogP contribution in [0.5, 0.6) is 0 Å². The molecule has 0 saturated heterocycles. The van der Waals surface area contributed by atoms with Crippen LogP contribution in [0.25, 0.3) is 0 Å². The predicted octanol–water partition coefficient (Wildman–Crippen LogP) is 4.27. The fourth-order valence-electron chi connectivity index (χ4n) is 1.40. The van der Waals surface area contributed by atoms with E-state index in [-0.39, 0.29) is 0 Å². The van der Waals surface area contributed by atoms with Gasteiger partial charge in [-0.2, -0.15) is 0 Å². The summed E-state index contributed by atoms with van der Waals surface area (Å²) in [5.41, 5.74) is 1.63. The van der Waals surface area contributed by atoms with Crippen molar-refractivity contribution in [2.24, 2.45) is 17.8 Å². The van der Waals surface area contributed by atoms with Gasteiger partial charge in [0.1, 0.15) is 0 Å². The van der Waals surface area contributed by atoms with Crippen LogP contribution in [-0.2, 0) is 0 Å². The minimum absolute atomic E-state index is 0.696. The topological polar surface area (TPSA) is 0 Å². The largest absolute Gasteiger partial charge is 0.0825 e. The molecule has 0 aromatic heterocycles. The van der Waals surface area contributed by atoms with Crippen LogP contribution in [0, 0.1) is 17.8 Å². The molecule has 0 aliphatic carbocycles. The van der Waals surface area contributed by atoms with Crippen LogP contribution in [0.2, 0.25) is 0 Å². The van der Waals surface area contributed by atoms with Crippen molar-refractivity contribution in [2.45, 2.75) is 48.0 Å². The number of rotatable bonds is 4. The summed E-state index contributed by atoms with van der Waals surface area (Å²) in [7, 11) is 0. The van der Waals surface area contributed by atoms with Crippen molar-refractivity contribution in [3.63, 3.8) is 0 Å². The first-order chi connectivity index (χ1) is 5.43. The highest BCUT2D eigenvalue weighted by Gasteiger charge is 2.06. The average molecular weight is 168 g/mol. The molecular formula is C12H24. The molecule has 0 amide bonds. The molecule has 0 fully saturated rings. The maximum Gasteiger partial charge on any atom is -0.0260 e. The average Bonchev–Trinajstić information content (AvgIpc) is 1.83. The van der Waals surface area contributed by atoms with Gasteiger partial charge >= 0.3 is 0 Å². The third-order valence-electron chi connectivity index (χ3n) is 1.93. The third kappa shape index (κ3) is 5.40. The quantitative estimate of drug-likeness (QED) is 0.550. The van der Waals surface area contributed by atoms with Crippen LogP contribution >= 0.6 is 0 Å². The van der Waals surface area contributed by atoms with E-state index in [1.54, 1.807) is 5.57 Å². The number of hydrogen-bond donors (Lipinski definition) is 0.